The molecule has 0 unspecified atom stereocenters. The fourth-order valence-electron chi connectivity index (χ4n) is 5.37. The first-order valence-corrected chi connectivity index (χ1v) is 8.29. The molecule has 4 bridgehead atoms. The lowest BCUT2D eigenvalue weighted by atomic mass is 9.48. The van der Waals surface area contributed by atoms with Crippen molar-refractivity contribution >= 4 is 23.2 Å². The van der Waals surface area contributed by atoms with E-state index in [2.05, 4.69) is 5.32 Å². The number of carbonyl (C=O) groups excluding carboxylic acids is 1. The van der Waals surface area contributed by atoms with Crippen LogP contribution in [0.5, 0.6) is 0 Å². The minimum Gasteiger partial charge on any atom is -0.371 e. The topological polar surface area (TPSA) is 55.1 Å². The van der Waals surface area contributed by atoms with Crippen LogP contribution in [0, 0.1) is 23.7 Å². The van der Waals surface area contributed by atoms with Crippen molar-refractivity contribution < 1.29 is 4.79 Å². The predicted octanol–water partition coefficient (Wildman–Crippen LogP) is 3.43. The third kappa shape index (κ3) is 1.97. The maximum Gasteiger partial charge on any atom is 0.243 e. The van der Waals surface area contributed by atoms with E-state index in [1.807, 2.05) is 24.3 Å². The largest absolute Gasteiger partial charge is 0.371 e. The van der Waals surface area contributed by atoms with Gasteiger partial charge in [0.1, 0.15) is 5.54 Å². The molecule has 21 heavy (non-hydrogen) atoms. The number of amides is 1. The van der Waals surface area contributed by atoms with E-state index in [0.717, 1.165) is 43.2 Å². The molecule has 1 amide bonds. The second kappa shape index (κ2) is 4.64. The number of primary amides is 1. The van der Waals surface area contributed by atoms with Crippen LogP contribution < -0.4 is 11.1 Å². The number of carbonyl (C=O) groups is 1. The highest BCUT2D eigenvalue weighted by atomic mass is 35.5. The standard InChI is InChI=1S/C17H21ClN2O/c18-14-1-3-15(4-2-14)20-17(16(19)21)12-6-10-5-11(8-12)9-13(17)7-10/h1-4,10-13,20H,5-9H2,(H2,19,21). The summed E-state index contributed by atoms with van der Waals surface area (Å²) in [5, 5.41) is 4.24. The van der Waals surface area contributed by atoms with Gasteiger partial charge in [-0.3, -0.25) is 4.79 Å². The van der Waals surface area contributed by atoms with Crippen LogP contribution in [0.2, 0.25) is 5.02 Å². The Hall–Kier alpha value is -1.22. The van der Waals surface area contributed by atoms with Gasteiger partial charge in [0.2, 0.25) is 5.91 Å². The molecule has 4 aliphatic rings. The van der Waals surface area contributed by atoms with Gasteiger partial charge >= 0.3 is 0 Å². The molecule has 4 fully saturated rings. The maximum atomic E-state index is 12.4. The Balaban J connectivity index is 1.70. The van der Waals surface area contributed by atoms with Crippen LogP contribution in [-0.2, 0) is 4.79 Å². The first kappa shape index (κ1) is 13.4. The lowest BCUT2D eigenvalue weighted by Gasteiger charge is -2.60. The molecule has 0 atom stereocenters. The van der Waals surface area contributed by atoms with Crippen molar-refractivity contribution in [3.8, 4) is 0 Å². The molecule has 0 heterocycles. The van der Waals surface area contributed by atoms with Crippen molar-refractivity contribution in [3.63, 3.8) is 0 Å². The molecule has 1 aromatic rings. The average molecular weight is 305 g/mol. The van der Waals surface area contributed by atoms with Gasteiger partial charge in [-0.1, -0.05) is 11.6 Å². The van der Waals surface area contributed by atoms with Crippen molar-refractivity contribution in [2.75, 3.05) is 5.32 Å². The molecule has 3 nitrogen and oxygen atoms in total. The van der Waals surface area contributed by atoms with E-state index >= 15 is 0 Å². The summed E-state index contributed by atoms with van der Waals surface area (Å²) in [7, 11) is 0. The van der Waals surface area contributed by atoms with Gasteiger partial charge in [-0.05, 0) is 80.0 Å². The number of hydrogen-bond acceptors (Lipinski definition) is 2. The highest BCUT2D eigenvalue weighted by Crippen LogP contribution is 2.59. The van der Waals surface area contributed by atoms with Crippen LogP contribution in [0.1, 0.15) is 32.1 Å². The second-order valence-corrected chi connectivity index (χ2v) is 7.61. The van der Waals surface area contributed by atoms with Crippen molar-refractivity contribution in [3.05, 3.63) is 29.3 Å². The predicted molar refractivity (Wildman–Crippen MR) is 84.0 cm³/mol. The Morgan fingerprint density at radius 2 is 1.57 bits per heavy atom. The van der Waals surface area contributed by atoms with Gasteiger partial charge in [-0.15, -0.1) is 0 Å². The third-order valence-corrected chi connectivity index (χ3v) is 6.28. The Bertz CT molecular complexity index is 541. The number of nitrogens with two attached hydrogens (primary N) is 1. The van der Waals surface area contributed by atoms with E-state index in [-0.39, 0.29) is 5.91 Å². The molecule has 0 radical (unpaired) electrons. The summed E-state index contributed by atoms with van der Waals surface area (Å²) in [6.07, 6.45) is 5.96. The quantitative estimate of drug-likeness (QED) is 0.899. The smallest absolute Gasteiger partial charge is 0.243 e. The highest BCUT2D eigenvalue weighted by Gasteiger charge is 2.60. The van der Waals surface area contributed by atoms with E-state index in [1.165, 1.54) is 6.42 Å². The third-order valence-electron chi connectivity index (χ3n) is 6.03. The average Bonchev–Trinajstić information content (AvgIpc) is 2.44. The molecule has 0 spiro atoms. The van der Waals surface area contributed by atoms with Gasteiger partial charge in [0, 0.05) is 10.7 Å². The molecule has 112 valence electrons. The first-order valence-electron chi connectivity index (χ1n) is 7.91. The lowest BCUT2D eigenvalue weighted by Crippen LogP contribution is -2.67. The molecule has 0 saturated heterocycles. The van der Waals surface area contributed by atoms with Gasteiger partial charge in [-0.2, -0.15) is 0 Å². The van der Waals surface area contributed by atoms with Crippen LogP contribution in [0.3, 0.4) is 0 Å². The summed E-state index contributed by atoms with van der Waals surface area (Å²) in [5.74, 6) is 2.23. The number of benzene rings is 1. The van der Waals surface area contributed by atoms with Crippen LogP contribution in [0.15, 0.2) is 24.3 Å². The van der Waals surface area contributed by atoms with E-state index < -0.39 is 5.54 Å². The number of hydrogen-bond donors (Lipinski definition) is 2. The van der Waals surface area contributed by atoms with Crippen LogP contribution >= 0.6 is 11.6 Å². The molecule has 4 aliphatic carbocycles. The van der Waals surface area contributed by atoms with Crippen LogP contribution in [0.25, 0.3) is 0 Å². The fourth-order valence-corrected chi connectivity index (χ4v) is 5.49. The number of rotatable bonds is 3. The summed E-state index contributed by atoms with van der Waals surface area (Å²) in [5.41, 5.74) is 6.30. The molecule has 5 rings (SSSR count). The number of halogens is 1. The van der Waals surface area contributed by atoms with E-state index in [9.17, 15) is 4.79 Å². The molecule has 4 saturated carbocycles. The van der Waals surface area contributed by atoms with E-state index in [0.29, 0.717) is 16.9 Å². The molecule has 0 aliphatic heterocycles. The molecule has 3 N–H and O–H groups in total. The number of anilines is 1. The monoisotopic (exact) mass is 304 g/mol. The summed E-state index contributed by atoms with van der Waals surface area (Å²) < 4.78 is 0. The lowest BCUT2D eigenvalue weighted by molar-refractivity contribution is -0.136. The Morgan fingerprint density at radius 1 is 1.05 bits per heavy atom. The molecule has 1 aromatic carbocycles. The zero-order chi connectivity index (χ0) is 14.6. The van der Waals surface area contributed by atoms with Gasteiger partial charge in [0.15, 0.2) is 0 Å². The molecule has 0 aromatic heterocycles. The Labute approximate surface area is 130 Å². The molecular formula is C17H21ClN2O. The highest BCUT2D eigenvalue weighted by molar-refractivity contribution is 6.30. The van der Waals surface area contributed by atoms with Crippen molar-refractivity contribution in [1.29, 1.82) is 0 Å². The summed E-state index contributed by atoms with van der Waals surface area (Å²) in [4.78, 5) is 12.4. The minimum absolute atomic E-state index is 0.175. The normalized spacial score (nSPS) is 40.2. The number of nitrogens with one attached hydrogen (secondary N) is 1. The fraction of sp³-hybridized carbons (Fsp3) is 0.588. The molecule has 4 heteroatoms. The van der Waals surface area contributed by atoms with Crippen LogP contribution in [0.4, 0.5) is 5.69 Å². The van der Waals surface area contributed by atoms with E-state index in [1.54, 1.807) is 0 Å². The summed E-state index contributed by atoms with van der Waals surface area (Å²) >= 11 is 5.95. The summed E-state index contributed by atoms with van der Waals surface area (Å²) in [6.45, 7) is 0. The van der Waals surface area contributed by atoms with Crippen molar-refractivity contribution in [2.45, 2.75) is 37.6 Å². The summed E-state index contributed by atoms with van der Waals surface area (Å²) in [6, 6.07) is 7.60. The van der Waals surface area contributed by atoms with Gasteiger partial charge in [0.25, 0.3) is 0 Å². The van der Waals surface area contributed by atoms with Crippen LogP contribution in [-0.4, -0.2) is 11.4 Å². The van der Waals surface area contributed by atoms with Gasteiger partial charge in [0.05, 0.1) is 0 Å². The zero-order valence-corrected chi connectivity index (χ0v) is 12.8. The molecular weight excluding hydrogens is 284 g/mol. The van der Waals surface area contributed by atoms with Crippen molar-refractivity contribution in [1.82, 2.24) is 0 Å². The minimum atomic E-state index is -0.554. The SMILES string of the molecule is NC(=O)C1(Nc2ccc(Cl)cc2)C2CC3CC(C2)CC1C3. The van der Waals surface area contributed by atoms with Crippen molar-refractivity contribution in [2.24, 2.45) is 29.4 Å². The Kier molecular flexibility index (Phi) is 2.97. The van der Waals surface area contributed by atoms with Gasteiger partial charge < -0.3 is 11.1 Å². The van der Waals surface area contributed by atoms with E-state index in [4.69, 9.17) is 17.3 Å². The zero-order valence-electron chi connectivity index (χ0n) is 12.0. The second-order valence-electron chi connectivity index (χ2n) is 7.17. The Morgan fingerprint density at radius 3 is 2.05 bits per heavy atom. The van der Waals surface area contributed by atoms with Gasteiger partial charge in [-0.25, -0.2) is 0 Å². The first-order chi connectivity index (χ1) is 10.1. The maximum absolute atomic E-state index is 12.4.